The molecule has 2 N–H and O–H groups in total. The molecule has 1 aliphatic heterocycles. The second-order valence-electron chi connectivity index (χ2n) is 4.98. The topological polar surface area (TPSA) is 50.7 Å². The van der Waals surface area contributed by atoms with Gasteiger partial charge in [-0.15, -0.1) is 0 Å². The van der Waals surface area contributed by atoms with Gasteiger partial charge in [0.25, 0.3) is 0 Å². The van der Waals surface area contributed by atoms with Crippen LogP contribution in [0.4, 0.5) is 0 Å². The molecule has 0 radical (unpaired) electrons. The molecule has 1 aromatic rings. The smallest absolute Gasteiger partial charge is 0.162 e. The van der Waals surface area contributed by atoms with Crippen molar-refractivity contribution in [3.8, 4) is 11.5 Å². The first-order valence-corrected chi connectivity index (χ1v) is 6.41. The second kappa shape index (κ2) is 5.59. The third kappa shape index (κ3) is 2.94. The largest absolute Gasteiger partial charge is 0.483 e. The molecular formula is C14H21NO3. The van der Waals surface area contributed by atoms with E-state index in [1.807, 2.05) is 45.0 Å². The SMILES string of the molecule is CC(C)NC[C@H](O)[C@@H]1Oc2ccccc2O[C@@H]1C. The maximum atomic E-state index is 10.2. The average Bonchev–Trinajstić information content (AvgIpc) is 2.35. The van der Waals surface area contributed by atoms with Gasteiger partial charge in [-0.05, 0) is 19.1 Å². The van der Waals surface area contributed by atoms with Gasteiger partial charge in [0.2, 0.25) is 0 Å². The van der Waals surface area contributed by atoms with E-state index in [0.29, 0.717) is 18.3 Å². The lowest BCUT2D eigenvalue weighted by Crippen LogP contribution is -2.50. The summed E-state index contributed by atoms with van der Waals surface area (Å²) >= 11 is 0. The molecular weight excluding hydrogens is 230 g/mol. The molecule has 0 fully saturated rings. The molecule has 3 atom stereocenters. The normalized spacial score (nSPS) is 24.1. The third-order valence-corrected chi connectivity index (χ3v) is 3.00. The average molecular weight is 251 g/mol. The summed E-state index contributed by atoms with van der Waals surface area (Å²) in [4.78, 5) is 0. The highest BCUT2D eigenvalue weighted by Gasteiger charge is 2.33. The highest BCUT2D eigenvalue weighted by atomic mass is 16.6. The van der Waals surface area contributed by atoms with Crippen LogP contribution in [0, 0.1) is 0 Å². The number of nitrogens with one attached hydrogen (secondary N) is 1. The Morgan fingerprint density at radius 3 is 2.44 bits per heavy atom. The lowest BCUT2D eigenvalue weighted by atomic mass is 10.1. The van der Waals surface area contributed by atoms with Gasteiger partial charge in [-0.2, -0.15) is 0 Å². The summed E-state index contributed by atoms with van der Waals surface area (Å²) in [6, 6.07) is 7.88. The number of fused-ring (bicyclic) bond motifs is 1. The fourth-order valence-electron chi connectivity index (χ4n) is 2.02. The summed E-state index contributed by atoms with van der Waals surface area (Å²) < 4.78 is 11.6. The molecule has 100 valence electrons. The zero-order valence-electron chi connectivity index (χ0n) is 11.1. The Morgan fingerprint density at radius 1 is 1.22 bits per heavy atom. The monoisotopic (exact) mass is 251 g/mol. The summed E-state index contributed by atoms with van der Waals surface area (Å²) in [6.07, 6.45) is -1.09. The van der Waals surface area contributed by atoms with Crippen molar-refractivity contribution in [2.45, 2.75) is 45.1 Å². The molecule has 2 rings (SSSR count). The lowest BCUT2D eigenvalue weighted by molar-refractivity contribution is -0.0464. The fraction of sp³-hybridized carbons (Fsp3) is 0.571. The molecule has 1 aromatic carbocycles. The standard InChI is InChI=1S/C14H21NO3/c1-9(2)15-8-11(16)14-10(3)17-12-6-4-5-7-13(12)18-14/h4-7,9-11,14-16H,8H2,1-3H3/t10-,11+,14-/m1/s1. The van der Waals surface area contributed by atoms with Gasteiger partial charge >= 0.3 is 0 Å². The zero-order valence-corrected chi connectivity index (χ0v) is 11.1. The van der Waals surface area contributed by atoms with Crippen LogP contribution in [0.15, 0.2) is 24.3 Å². The summed E-state index contributed by atoms with van der Waals surface area (Å²) in [5, 5.41) is 13.4. The number of rotatable bonds is 4. The highest BCUT2D eigenvalue weighted by Crippen LogP contribution is 2.34. The number of para-hydroxylation sites is 2. The maximum absolute atomic E-state index is 10.2. The molecule has 1 heterocycles. The van der Waals surface area contributed by atoms with Crippen LogP contribution in [0.1, 0.15) is 20.8 Å². The van der Waals surface area contributed by atoms with Crippen molar-refractivity contribution < 1.29 is 14.6 Å². The van der Waals surface area contributed by atoms with E-state index in [4.69, 9.17) is 9.47 Å². The fourth-order valence-corrected chi connectivity index (χ4v) is 2.02. The molecule has 0 saturated carbocycles. The molecule has 4 nitrogen and oxygen atoms in total. The number of hydrogen-bond acceptors (Lipinski definition) is 4. The molecule has 18 heavy (non-hydrogen) atoms. The predicted molar refractivity (Wildman–Crippen MR) is 70.1 cm³/mol. The molecule has 0 aromatic heterocycles. The Hall–Kier alpha value is -1.26. The van der Waals surface area contributed by atoms with Crippen LogP contribution in [0.2, 0.25) is 0 Å². The van der Waals surface area contributed by atoms with E-state index in [-0.39, 0.29) is 12.2 Å². The zero-order chi connectivity index (χ0) is 13.1. The molecule has 0 bridgehead atoms. The maximum Gasteiger partial charge on any atom is 0.162 e. The minimum Gasteiger partial charge on any atom is -0.483 e. The van der Waals surface area contributed by atoms with Crippen molar-refractivity contribution in [2.75, 3.05) is 6.54 Å². The molecule has 4 heteroatoms. The summed E-state index contributed by atoms with van der Waals surface area (Å²) in [7, 11) is 0. The molecule has 1 aliphatic rings. The molecule has 0 unspecified atom stereocenters. The molecule has 0 saturated heterocycles. The lowest BCUT2D eigenvalue weighted by Gasteiger charge is -2.35. The van der Waals surface area contributed by atoms with Gasteiger partial charge in [0, 0.05) is 12.6 Å². The Bertz CT molecular complexity index is 394. The van der Waals surface area contributed by atoms with Crippen LogP contribution >= 0.6 is 0 Å². The number of aliphatic hydroxyl groups excluding tert-OH is 1. The van der Waals surface area contributed by atoms with Gasteiger partial charge in [-0.3, -0.25) is 0 Å². The van der Waals surface area contributed by atoms with E-state index in [1.165, 1.54) is 0 Å². The Morgan fingerprint density at radius 2 is 1.83 bits per heavy atom. The van der Waals surface area contributed by atoms with Crippen molar-refractivity contribution in [1.82, 2.24) is 5.32 Å². The molecule has 0 amide bonds. The van der Waals surface area contributed by atoms with Crippen molar-refractivity contribution in [2.24, 2.45) is 0 Å². The van der Waals surface area contributed by atoms with Gasteiger partial charge in [-0.25, -0.2) is 0 Å². The minimum absolute atomic E-state index is 0.163. The van der Waals surface area contributed by atoms with E-state index in [1.54, 1.807) is 0 Å². The van der Waals surface area contributed by atoms with Crippen molar-refractivity contribution in [3.05, 3.63) is 24.3 Å². The van der Waals surface area contributed by atoms with E-state index < -0.39 is 6.10 Å². The first kappa shape index (κ1) is 13.2. The van der Waals surface area contributed by atoms with E-state index in [0.717, 1.165) is 5.75 Å². The van der Waals surface area contributed by atoms with E-state index >= 15 is 0 Å². The molecule has 0 spiro atoms. The van der Waals surface area contributed by atoms with Gasteiger partial charge < -0.3 is 19.9 Å². The van der Waals surface area contributed by atoms with Gasteiger partial charge in [0.1, 0.15) is 12.2 Å². The van der Waals surface area contributed by atoms with Crippen LogP contribution in [0.3, 0.4) is 0 Å². The van der Waals surface area contributed by atoms with Crippen LogP contribution < -0.4 is 14.8 Å². The summed E-state index contributed by atoms with van der Waals surface area (Å²) in [5.74, 6) is 1.44. The predicted octanol–water partition coefficient (Wildman–Crippen LogP) is 1.57. The van der Waals surface area contributed by atoms with Crippen molar-refractivity contribution in [1.29, 1.82) is 0 Å². The minimum atomic E-state index is -0.587. The third-order valence-electron chi connectivity index (χ3n) is 3.00. The van der Waals surface area contributed by atoms with Gasteiger partial charge in [-0.1, -0.05) is 26.0 Å². The quantitative estimate of drug-likeness (QED) is 0.853. The van der Waals surface area contributed by atoms with Crippen molar-refractivity contribution in [3.63, 3.8) is 0 Å². The second-order valence-corrected chi connectivity index (χ2v) is 4.98. The van der Waals surface area contributed by atoms with Crippen LogP contribution in [0.5, 0.6) is 11.5 Å². The first-order chi connectivity index (χ1) is 8.58. The summed E-state index contributed by atoms with van der Waals surface area (Å²) in [5.41, 5.74) is 0. The van der Waals surface area contributed by atoms with E-state index in [2.05, 4.69) is 5.32 Å². The van der Waals surface area contributed by atoms with Crippen LogP contribution in [0.25, 0.3) is 0 Å². The molecule has 0 aliphatic carbocycles. The summed E-state index contributed by atoms with van der Waals surface area (Å²) in [6.45, 7) is 6.50. The Kier molecular flexibility index (Phi) is 4.09. The van der Waals surface area contributed by atoms with Crippen LogP contribution in [-0.2, 0) is 0 Å². The van der Waals surface area contributed by atoms with Crippen molar-refractivity contribution >= 4 is 0 Å². The highest BCUT2D eigenvalue weighted by molar-refractivity contribution is 5.41. The van der Waals surface area contributed by atoms with Gasteiger partial charge in [0.05, 0.1) is 0 Å². The Labute approximate surface area is 108 Å². The number of benzene rings is 1. The first-order valence-electron chi connectivity index (χ1n) is 6.41. The Balaban J connectivity index is 2.02. The van der Waals surface area contributed by atoms with Crippen LogP contribution in [-0.4, -0.2) is 36.0 Å². The van der Waals surface area contributed by atoms with Gasteiger partial charge in [0.15, 0.2) is 17.6 Å². The number of ether oxygens (including phenoxy) is 2. The van der Waals surface area contributed by atoms with E-state index in [9.17, 15) is 5.11 Å². The number of aliphatic hydroxyl groups is 1. The number of hydrogen-bond donors (Lipinski definition) is 2.